The minimum Gasteiger partial charge on any atom is -0.291 e. The van der Waals surface area contributed by atoms with E-state index >= 15 is 0 Å². The molecule has 0 aliphatic heterocycles. The van der Waals surface area contributed by atoms with E-state index in [0.717, 1.165) is 18.2 Å². The van der Waals surface area contributed by atoms with E-state index in [0.29, 0.717) is 35.6 Å². The van der Waals surface area contributed by atoms with Crippen LogP contribution in [0.2, 0.25) is 5.02 Å². The molecule has 0 bridgehead atoms. The minimum absolute atomic E-state index is 0.0320. The quantitative estimate of drug-likeness (QED) is 0.509. The van der Waals surface area contributed by atoms with Crippen molar-refractivity contribution in [1.82, 2.24) is 15.2 Å². The lowest BCUT2D eigenvalue weighted by Gasteiger charge is -2.40. The van der Waals surface area contributed by atoms with Gasteiger partial charge in [0.25, 0.3) is 0 Å². The fraction of sp³-hybridized carbons (Fsp3) is 0.318. The first-order valence-corrected chi connectivity index (χ1v) is 11.4. The maximum atomic E-state index is 14.8. The van der Waals surface area contributed by atoms with Crippen LogP contribution in [-0.4, -0.2) is 25.2 Å². The summed E-state index contributed by atoms with van der Waals surface area (Å²) in [4.78, 5) is 16.8. The monoisotopic (exact) mass is 463 g/mol. The molecule has 1 heterocycles. The molecular weight excluding hydrogens is 444 g/mol. The fourth-order valence-corrected chi connectivity index (χ4v) is 6.15. The van der Waals surface area contributed by atoms with Gasteiger partial charge in [-0.05, 0) is 74.1 Å². The molecule has 31 heavy (non-hydrogen) atoms. The van der Waals surface area contributed by atoms with Gasteiger partial charge < -0.3 is 0 Å². The van der Waals surface area contributed by atoms with Crippen molar-refractivity contribution in [2.75, 3.05) is 0 Å². The molecule has 0 amide bonds. The summed E-state index contributed by atoms with van der Waals surface area (Å²) in [6.07, 6.45) is 3.36. The van der Waals surface area contributed by atoms with Gasteiger partial charge in [0.1, 0.15) is 18.0 Å². The maximum absolute atomic E-state index is 14.8. The minimum atomic E-state index is -1.64. The highest BCUT2D eigenvalue weighted by Gasteiger charge is 2.45. The van der Waals surface area contributed by atoms with Crippen molar-refractivity contribution in [2.45, 2.75) is 41.7 Å². The Bertz CT molecular complexity index is 1100. The van der Waals surface area contributed by atoms with Gasteiger partial charge in [-0.15, -0.1) is 0 Å². The molecule has 162 valence electrons. The third-order valence-corrected chi connectivity index (χ3v) is 8.16. The summed E-state index contributed by atoms with van der Waals surface area (Å²) in [6.45, 7) is 0. The number of H-pyrrole nitrogens is 1. The highest BCUT2D eigenvalue weighted by molar-refractivity contribution is 7.86. The smallest absolute Gasteiger partial charge is 0.199 e. The third-order valence-electron chi connectivity index (χ3n) is 5.87. The van der Waals surface area contributed by atoms with E-state index in [1.54, 1.807) is 24.3 Å². The number of aromatic amines is 1. The molecular formula is C22H20ClF2N3O2S. The average Bonchev–Trinajstić information content (AvgIpc) is 3.31. The second kappa shape index (κ2) is 8.96. The Kier molecular flexibility index (Phi) is 6.29. The first kappa shape index (κ1) is 21.8. The van der Waals surface area contributed by atoms with Crippen molar-refractivity contribution >= 4 is 28.2 Å². The Labute approximate surface area is 185 Å². The van der Waals surface area contributed by atoms with Crippen LogP contribution in [0.5, 0.6) is 0 Å². The zero-order valence-electron chi connectivity index (χ0n) is 16.5. The molecule has 5 nitrogen and oxygen atoms in total. The normalized spacial score (nSPS) is 22.2. The first-order chi connectivity index (χ1) is 14.9. The van der Waals surface area contributed by atoms with Crippen LogP contribution >= 0.6 is 11.6 Å². The zero-order chi connectivity index (χ0) is 22.0. The number of aromatic nitrogens is 3. The molecule has 4 rings (SSSR count). The molecule has 0 spiro atoms. The number of halogens is 3. The lowest BCUT2D eigenvalue weighted by atomic mass is 9.76. The predicted molar refractivity (Wildman–Crippen MR) is 113 cm³/mol. The van der Waals surface area contributed by atoms with Crippen LogP contribution in [0.4, 0.5) is 8.78 Å². The van der Waals surface area contributed by atoms with E-state index in [2.05, 4.69) is 15.2 Å². The van der Waals surface area contributed by atoms with Gasteiger partial charge in [-0.2, -0.15) is 5.10 Å². The van der Waals surface area contributed by atoms with E-state index < -0.39 is 27.2 Å². The van der Waals surface area contributed by atoms with Crippen molar-refractivity contribution < 1.29 is 17.8 Å². The molecule has 3 aromatic rings. The Hall–Kier alpha value is -2.45. The number of Topliss-reactive ketones (excluding diaryl/α,β-unsaturated/α-hetero) is 1. The molecule has 0 saturated heterocycles. The topological polar surface area (TPSA) is 75.7 Å². The molecule has 1 aliphatic carbocycles. The summed E-state index contributed by atoms with van der Waals surface area (Å²) in [5.74, 6) is -1.07. The Morgan fingerprint density at radius 1 is 1.16 bits per heavy atom. The van der Waals surface area contributed by atoms with Crippen LogP contribution in [0.1, 0.15) is 48.3 Å². The molecule has 0 radical (unpaired) electrons. The summed E-state index contributed by atoms with van der Waals surface area (Å²) in [7, 11) is -1.64. The second-order valence-electron chi connectivity index (χ2n) is 7.75. The van der Waals surface area contributed by atoms with Crippen LogP contribution in [0, 0.1) is 17.6 Å². The standard InChI is InChI=1S/C22H20ClF2N3O2S/c23-15-1-4-17(5-2-15)31(30)22(18-12-16(24)3-6-19(18)25)9-7-14(8-10-22)11-20(29)21-26-13-27-28-21/h1-6,12-14H,7-11H2,(H,26,27,28)/t14?,22?,31-/m0/s1. The van der Waals surface area contributed by atoms with Crippen molar-refractivity contribution in [1.29, 1.82) is 0 Å². The SMILES string of the molecule is O=C(CC1CCC(c2cc(F)ccc2F)([S@@](=O)c2ccc(Cl)cc2)CC1)c1ncn[nH]1. The Morgan fingerprint density at radius 3 is 2.52 bits per heavy atom. The Balaban J connectivity index is 1.63. The summed E-state index contributed by atoms with van der Waals surface area (Å²) >= 11 is 5.96. The van der Waals surface area contributed by atoms with Crippen molar-refractivity contribution in [2.24, 2.45) is 5.92 Å². The third kappa shape index (κ3) is 4.45. The number of ketones is 1. The highest BCUT2D eigenvalue weighted by atomic mass is 35.5. The molecule has 1 aliphatic rings. The number of carbonyl (C=O) groups excluding carboxylic acids is 1. The van der Waals surface area contributed by atoms with Gasteiger partial charge in [-0.25, -0.2) is 13.8 Å². The lowest BCUT2D eigenvalue weighted by molar-refractivity contribution is 0.0935. The first-order valence-electron chi connectivity index (χ1n) is 9.90. The zero-order valence-corrected chi connectivity index (χ0v) is 18.1. The number of hydrogen-bond acceptors (Lipinski definition) is 4. The lowest BCUT2D eigenvalue weighted by Crippen LogP contribution is -2.37. The maximum Gasteiger partial charge on any atom is 0.199 e. The van der Waals surface area contributed by atoms with Gasteiger partial charge in [0, 0.05) is 21.9 Å². The largest absolute Gasteiger partial charge is 0.291 e. The van der Waals surface area contributed by atoms with Gasteiger partial charge in [0.05, 0.1) is 15.5 Å². The van der Waals surface area contributed by atoms with Gasteiger partial charge in [0.15, 0.2) is 11.6 Å². The molecule has 1 fully saturated rings. The number of nitrogens with zero attached hydrogens (tertiary/aromatic N) is 2. The van der Waals surface area contributed by atoms with E-state index in [1.165, 1.54) is 6.33 Å². The number of nitrogens with one attached hydrogen (secondary N) is 1. The van der Waals surface area contributed by atoms with Crippen LogP contribution in [0.25, 0.3) is 0 Å². The summed E-state index contributed by atoms with van der Waals surface area (Å²) < 4.78 is 41.5. The average molecular weight is 464 g/mol. The molecule has 0 unspecified atom stereocenters. The van der Waals surface area contributed by atoms with Gasteiger partial charge in [-0.1, -0.05) is 11.6 Å². The molecule has 1 saturated carbocycles. The number of benzene rings is 2. The van der Waals surface area contributed by atoms with Gasteiger partial charge in [0.2, 0.25) is 0 Å². The van der Waals surface area contributed by atoms with Crippen molar-refractivity contribution in [3.63, 3.8) is 0 Å². The number of rotatable bonds is 6. The summed E-state index contributed by atoms with van der Waals surface area (Å²) in [5.41, 5.74) is 0.112. The van der Waals surface area contributed by atoms with Crippen LogP contribution in [0.15, 0.2) is 53.7 Å². The van der Waals surface area contributed by atoms with E-state index in [1.807, 2.05) is 0 Å². The van der Waals surface area contributed by atoms with Gasteiger partial charge >= 0.3 is 0 Å². The molecule has 9 heteroatoms. The van der Waals surface area contributed by atoms with Crippen LogP contribution in [-0.2, 0) is 15.5 Å². The number of carbonyl (C=O) groups is 1. The van der Waals surface area contributed by atoms with Crippen LogP contribution in [0.3, 0.4) is 0 Å². The summed E-state index contributed by atoms with van der Waals surface area (Å²) in [6, 6.07) is 9.83. The number of hydrogen-bond donors (Lipinski definition) is 1. The molecule has 1 atom stereocenters. The van der Waals surface area contributed by atoms with Crippen molar-refractivity contribution in [3.8, 4) is 0 Å². The molecule has 1 aromatic heterocycles. The van der Waals surface area contributed by atoms with E-state index in [9.17, 15) is 17.8 Å². The Morgan fingerprint density at radius 2 is 1.87 bits per heavy atom. The van der Waals surface area contributed by atoms with Crippen molar-refractivity contribution in [3.05, 3.63) is 76.8 Å². The predicted octanol–water partition coefficient (Wildman–Crippen LogP) is 5.20. The van der Waals surface area contributed by atoms with E-state index in [4.69, 9.17) is 11.6 Å². The van der Waals surface area contributed by atoms with Crippen LogP contribution < -0.4 is 0 Å². The molecule has 2 aromatic carbocycles. The van der Waals surface area contributed by atoms with Gasteiger partial charge in [-0.3, -0.25) is 14.1 Å². The molecule has 1 N–H and O–H groups in total. The fourth-order valence-electron chi connectivity index (χ4n) is 4.23. The second-order valence-corrected chi connectivity index (χ2v) is 9.97. The van der Waals surface area contributed by atoms with E-state index in [-0.39, 0.29) is 29.5 Å². The summed E-state index contributed by atoms with van der Waals surface area (Å²) in [5, 5.41) is 6.76. The highest BCUT2D eigenvalue weighted by Crippen LogP contribution is 2.48.